The number of phenolic OH excluding ortho intramolecular Hbond substituents is 1. The van der Waals surface area contributed by atoms with E-state index < -0.39 is 6.08 Å². The standard InChI is InChI=1S/C19H20F2O/c1-19-9-8-14-13-5-3-12(22)10-11(13)2-4-15(14)16(19)6-7-17(19)18(20)21/h3-5,10,14,16,22H,2,6-9H2,1H3/t14-,16+,19+/m1/s1. The van der Waals surface area contributed by atoms with Gasteiger partial charge in [-0.3, -0.25) is 0 Å². The second-order valence-corrected chi connectivity index (χ2v) is 7.13. The molecule has 3 atom stereocenters. The van der Waals surface area contributed by atoms with Crippen molar-refractivity contribution in [1.29, 1.82) is 0 Å². The van der Waals surface area contributed by atoms with Gasteiger partial charge in [0.05, 0.1) is 0 Å². The molecule has 0 bridgehead atoms. The zero-order valence-electron chi connectivity index (χ0n) is 12.7. The van der Waals surface area contributed by atoms with Crippen LogP contribution in [0, 0.1) is 11.3 Å². The van der Waals surface area contributed by atoms with E-state index in [1.807, 2.05) is 19.1 Å². The molecule has 2 saturated carbocycles. The Kier molecular flexibility index (Phi) is 2.97. The van der Waals surface area contributed by atoms with Gasteiger partial charge < -0.3 is 5.11 Å². The van der Waals surface area contributed by atoms with Gasteiger partial charge >= 0.3 is 0 Å². The van der Waals surface area contributed by atoms with E-state index in [2.05, 4.69) is 6.08 Å². The Morgan fingerprint density at radius 3 is 2.86 bits per heavy atom. The van der Waals surface area contributed by atoms with E-state index in [1.54, 1.807) is 6.07 Å². The number of rotatable bonds is 0. The van der Waals surface area contributed by atoms with Crippen LogP contribution < -0.4 is 0 Å². The van der Waals surface area contributed by atoms with Gasteiger partial charge in [-0.25, -0.2) is 0 Å². The zero-order chi connectivity index (χ0) is 15.5. The van der Waals surface area contributed by atoms with Crippen LogP contribution in [-0.4, -0.2) is 5.11 Å². The minimum atomic E-state index is -1.45. The number of phenols is 1. The first-order chi connectivity index (χ1) is 10.5. The monoisotopic (exact) mass is 302 g/mol. The SMILES string of the molecule is C[C@]12CC[C@H]3C(=CCc4cc(O)ccc43)[C@@H]1CCC2=C(F)F. The molecule has 0 radical (unpaired) electrons. The largest absolute Gasteiger partial charge is 0.508 e. The molecular formula is C19H20F2O. The van der Waals surface area contributed by atoms with Crippen molar-refractivity contribution < 1.29 is 13.9 Å². The Labute approximate surface area is 129 Å². The quantitative estimate of drug-likeness (QED) is 0.643. The lowest BCUT2D eigenvalue weighted by Crippen LogP contribution is -2.34. The van der Waals surface area contributed by atoms with E-state index in [0.717, 1.165) is 25.7 Å². The molecule has 2 fully saturated rings. The van der Waals surface area contributed by atoms with Gasteiger partial charge in [-0.15, -0.1) is 0 Å². The van der Waals surface area contributed by atoms with Gasteiger partial charge in [-0.2, -0.15) is 8.78 Å². The Balaban J connectivity index is 1.76. The lowest BCUT2D eigenvalue weighted by Gasteiger charge is -2.45. The van der Waals surface area contributed by atoms with E-state index >= 15 is 0 Å². The van der Waals surface area contributed by atoms with E-state index in [-0.39, 0.29) is 11.3 Å². The summed E-state index contributed by atoms with van der Waals surface area (Å²) in [4.78, 5) is 0. The number of benzene rings is 1. The van der Waals surface area contributed by atoms with Crippen molar-refractivity contribution in [3.63, 3.8) is 0 Å². The molecule has 1 aromatic rings. The first-order valence-corrected chi connectivity index (χ1v) is 8.07. The van der Waals surface area contributed by atoms with Crippen molar-refractivity contribution in [2.75, 3.05) is 0 Å². The number of hydrogen-bond acceptors (Lipinski definition) is 1. The number of fused-ring (bicyclic) bond motifs is 5. The van der Waals surface area contributed by atoms with E-state index in [9.17, 15) is 13.9 Å². The molecule has 0 unspecified atom stereocenters. The van der Waals surface area contributed by atoms with E-state index in [0.29, 0.717) is 23.7 Å². The molecular weight excluding hydrogens is 282 g/mol. The first kappa shape index (κ1) is 14.0. The van der Waals surface area contributed by atoms with Crippen LogP contribution in [-0.2, 0) is 6.42 Å². The van der Waals surface area contributed by atoms with Crippen molar-refractivity contribution in [2.45, 2.75) is 44.9 Å². The fourth-order valence-electron chi connectivity index (χ4n) is 5.08. The summed E-state index contributed by atoms with van der Waals surface area (Å²) < 4.78 is 26.6. The third-order valence-corrected chi connectivity index (χ3v) is 6.19. The molecule has 0 aliphatic heterocycles. The third kappa shape index (κ3) is 1.81. The van der Waals surface area contributed by atoms with Crippen molar-refractivity contribution in [3.05, 3.63) is 52.6 Å². The van der Waals surface area contributed by atoms with Gasteiger partial charge in [0.25, 0.3) is 6.08 Å². The van der Waals surface area contributed by atoms with Gasteiger partial charge in [0.15, 0.2) is 0 Å². The molecule has 3 aliphatic carbocycles. The Morgan fingerprint density at radius 1 is 1.27 bits per heavy atom. The summed E-state index contributed by atoms with van der Waals surface area (Å²) in [5.41, 5.74) is 3.88. The maximum absolute atomic E-state index is 13.3. The summed E-state index contributed by atoms with van der Waals surface area (Å²) in [5.74, 6) is 0.913. The molecule has 1 aromatic carbocycles. The van der Waals surface area contributed by atoms with Gasteiger partial charge in [-0.05, 0) is 61.3 Å². The Morgan fingerprint density at radius 2 is 2.09 bits per heavy atom. The predicted octanol–water partition coefficient (Wildman–Crippen LogP) is 5.32. The van der Waals surface area contributed by atoms with Crippen molar-refractivity contribution >= 4 is 0 Å². The van der Waals surface area contributed by atoms with Gasteiger partial charge in [0, 0.05) is 16.9 Å². The van der Waals surface area contributed by atoms with Crippen LogP contribution >= 0.6 is 0 Å². The van der Waals surface area contributed by atoms with E-state index in [4.69, 9.17) is 0 Å². The summed E-state index contributed by atoms with van der Waals surface area (Å²) >= 11 is 0. The maximum Gasteiger partial charge on any atom is 0.270 e. The molecule has 3 heteroatoms. The summed E-state index contributed by atoms with van der Waals surface area (Å²) in [7, 11) is 0. The highest BCUT2D eigenvalue weighted by molar-refractivity contribution is 5.48. The van der Waals surface area contributed by atoms with Crippen LogP contribution in [0.4, 0.5) is 8.78 Å². The molecule has 3 aliphatic rings. The smallest absolute Gasteiger partial charge is 0.270 e. The Hall–Kier alpha value is -1.64. The molecule has 0 aromatic heterocycles. The lowest BCUT2D eigenvalue weighted by atomic mass is 9.59. The summed E-state index contributed by atoms with van der Waals surface area (Å²) in [6.45, 7) is 2.03. The Bertz CT molecular complexity index is 699. The number of allylic oxidation sites excluding steroid dienone is 3. The first-order valence-electron chi connectivity index (χ1n) is 8.07. The highest BCUT2D eigenvalue weighted by Crippen LogP contribution is 2.62. The number of hydrogen-bond donors (Lipinski definition) is 1. The molecule has 1 nitrogen and oxygen atoms in total. The minimum absolute atomic E-state index is 0.254. The number of aromatic hydroxyl groups is 1. The molecule has 0 saturated heterocycles. The minimum Gasteiger partial charge on any atom is -0.508 e. The van der Waals surface area contributed by atoms with Crippen LogP contribution in [0.15, 0.2) is 41.5 Å². The average molecular weight is 302 g/mol. The molecule has 0 heterocycles. The fraction of sp³-hybridized carbons (Fsp3) is 0.474. The van der Waals surface area contributed by atoms with Crippen LogP contribution in [0.25, 0.3) is 0 Å². The molecule has 0 amide bonds. The van der Waals surface area contributed by atoms with E-state index in [1.165, 1.54) is 16.7 Å². The van der Waals surface area contributed by atoms with Gasteiger partial charge in [-0.1, -0.05) is 24.6 Å². The maximum atomic E-state index is 13.3. The second-order valence-electron chi connectivity index (χ2n) is 7.13. The summed E-state index contributed by atoms with van der Waals surface area (Å²) in [6, 6.07) is 5.61. The lowest BCUT2D eigenvalue weighted by molar-refractivity contribution is 0.218. The van der Waals surface area contributed by atoms with Crippen LogP contribution in [0.1, 0.15) is 49.7 Å². The zero-order valence-corrected chi connectivity index (χ0v) is 12.7. The number of halogens is 2. The molecule has 116 valence electrons. The average Bonchev–Trinajstić information content (AvgIpc) is 2.84. The van der Waals surface area contributed by atoms with Crippen molar-refractivity contribution in [2.24, 2.45) is 11.3 Å². The second kappa shape index (κ2) is 4.68. The van der Waals surface area contributed by atoms with Crippen LogP contribution in [0.5, 0.6) is 5.75 Å². The fourth-order valence-corrected chi connectivity index (χ4v) is 5.08. The molecule has 0 spiro atoms. The predicted molar refractivity (Wildman–Crippen MR) is 81.9 cm³/mol. The molecule has 4 rings (SSSR count). The summed E-state index contributed by atoms with van der Waals surface area (Å²) in [6.07, 6.45) is 4.73. The normalized spacial score (nSPS) is 32.9. The molecule has 22 heavy (non-hydrogen) atoms. The van der Waals surface area contributed by atoms with Gasteiger partial charge in [0.1, 0.15) is 5.75 Å². The topological polar surface area (TPSA) is 20.2 Å². The van der Waals surface area contributed by atoms with Crippen molar-refractivity contribution in [1.82, 2.24) is 0 Å². The van der Waals surface area contributed by atoms with Crippen LogP contribution in [0.3, 0.4) is 0 Å². The summed E-state index contributed by atoms with van der Waals surface area (Å²) in [5, 5.41) is 9.66. The van der Waals surface area contributed by atoms with Crippen LogP contribution in [0.2, 0.25) is 0 Å². The highest BCUT2D eigenvalue weighted by Gasteiger charge is 2.51. The highest BCUT2D eigenvalue weighted by atomic mass is 19.3. The van der Waals surface area contributed by atoms with Crippen molar-refractivity contribution in [3.8, 4) is 5.75 Å². The third-order valence-electron chi connectivity index (χ3n) is 6.19. The molecule has 1 N–H and O–H groups in total. The van der Waals surface area contributed by atoms with Gasteiger partial charge in [0.2, 0.25) is 0 Å².